The fourth-order valence-electron chi connectivity index (χ4n) is 2.91. The molecule has 0 saturated carbocycles. The van der Waals surface area contributed by atoms with Crippen LogP contribution in [0.15, 0.2) is 40.5 Å². The maximum Gasteiger partial charge on any atom is 0.414 e. The van der Waals surface area contributed by atoms with Gasteiger partial charge in [-0.3, -0.25) is 14.5 Å². The van der Waals surface area contributed by atoms with E-state index in [1.54, 1.807) is 46.0 Å². The summed E-state index contributed by atoms with van der Waals surface area (Å²) in [6, 6.07) is 5.68. The van der Waals surface area contributed by atoms with E-state index in [0.29, 0.717) is 16.6 Å². The molecule has 1 aromatic heterocycles. The molecule has 1 aromatic carbocycles. The van der Waals surface area contributed by atoms with Crippen molar-refractivity contribution in [2.24, 2.45) is 0 Å². The van der Waals surface area contributed by atoms with Crippen LogP contribution in [0.1, 0.15) is 31.1 Å². The lowest BCUT2D eigenvalue weighted by atomic mass is 10.1. The van der Waals surface area contributed by atoms with Crippen molar-refractivity contribution in [3.8, 4) is 0 Å². The smallest absolute Gasteiger partial charge is 0.414 e. The third kappa shape index (κ3) is 4.88. The molecular formula is C20H23N3O6S. The van der Waals surface area contributed by atoms with Crippen LogP contribution in [0.2, 0.25) is 0 Å². The van der Waals surface area contributed by atoms with E-state index in [-0.39, 0.29) is 11.3 Å². The number of benzene rings is 1. The molecule has 2 aromatic rings. The average molecular weight is 433 g/mol. The summed E-state index contributed by atoms with van der Waals surface area (Å²) in [7, 11) is -1.77. The summed E-state index contributed by atoms with van der Waals surface area (Å²) >= 11 is 0. The molecule has 1 aliphatic heterocycles. The van der Waals surface area contributed by atoms with E-state index in [2.05, 4.69) is 10.3 Å². The highest BCUT2D eigenvalue weighted by Gasteiger charge is 2.25. The Morgan fingerprint density at radius 3 is 2.53 bits per heavy atom. The van der Waals surface area contributed by atoms with Crippen molar-refractivity contribution in [2.75, 3.05) is 17.7 Å². The Labute approximate surface area is 173 Å². The minimum atomic E-state index is -3.32. The summed E-state index contributed by atoms with van der Waals surface area (Å²) in [5.41, 5.74) is -0.457. The standard InChI is InChI=1S/C20H23N3O6S/c1-20(2,3)29-19(26)23(4)14-6-5-12-9-15(18(25)22-16(12)10-14)17(24)21-13-7-8-30(27,28)11-13/h5-10,13H,11H2,1-4H3,(H,21,24)(H,22,25)/t13-/m1/s1. The highest BCUT2D eigenvalue weighted by molar-refractivity contribution is 7.94. The molecule has 0 unspecified atom stereocenters. The number of nitrogens with one attached hydrogen (secondary N) is 2. The van der Waals surface area contributed by atoms with E-state index < -0.39 is 39.0 Å². The molecule has 30 heavy (non-hydrogen) atoms. The second kappa shape index (κ2) is 7.60. The number of sulfone groups is 1. The molecule has 9 nitrogen and oxygen atoms in total. The summed E-state index contributed by atoms with van der Waals surface area (Å²) < 4.78 is 28.3. The van der Waals surface area contributed by atoms with Crippen LogP contribution >= 0.6 is 0 Å². The number of rotatable bonds is 3. The number of hydrogen-bond acceptors (Lipinski definition) is 6. The van der Waals surface area contributed by atoms with Crippen LogP contribution in [0, 0.1) is 0 Å². The fraction of sp³-hybridized carbons (Fsp3) is 0.350. The van der Waals surface area contributed by atoms with Gasteiger partial charge in [-0.25, -0.2) is 13.2 Å². The number of carbonyl (C=O) groups is 2. The number of anilines is 1. The first-order chi connectivity index (χ1) is 13.8. The van der Waals surface area contributed by atoms with Gasteiger partial charge in [0.25, 0.3) is 11.5 Å². The number of amides is 2. The molecule has 0 aliphatic carbocycles. The topological polar surface area (TPSA) is 126 Å². The molecule has 2 heterocycles. The molecular weight excluding hydrogens is 410 g/mol. The number of fused-ring (bicyclic) bond motifs is 1. The summed E-state index contributed by atoms with van der Waals surface area (Å²) in [6.45, 7) is 5.29. The molecule has 1 atom stereocenters. The van der Waals surface area contributed by atoms with Crippen molar-refractivity contribution in [3.05, 3.63) is 51.7 Å². The zero-order valence-corrected chi connectivity index (χ0v) is 17.9. The number of aromatic amines is 1. The molecule has 0 saturated heterocycles. The fourth-order valence-corrected chi connectivity index (χ4v) is 4.15. The normalized spacial score (nSPS) is 17.7. The highest BCUT2D eigenvalue weighted by atomic mass is 32.2. The minimum absolute atomic E-state index is 0.131. The first kappa shape index (κ1) is 21.6. The van der Waals surface area contributed by atoms with Gasteiger partial charge in [0.1, 0.15) is 11.2 Å². The van der Waals surface area contributed by atoms with Crippen molar-refractivity contribution in [1.29, 1.82) is 0 Å². The molecule has 10 heteroatoms. The van der Waals surface area contributed by atoms with E-state index in [4.69, 9.17) is 4.74 Å². The van der Waals surface area contributed by atoms with Crippen LogP contribution in [0.3, 0.4) is 0 Å². The van der Waals surface area contributed by atoms with Crippen LogP contribution in [0.25, 0.3) is 10.9 Å². The summed E-state index contributed by atoms with van der Waals surface area (Å²) in [5.74, 6) is -0.898. The van der Waals surface area contributed by atoms with Gasteiger partial charge >= 0.3 is 6.09 Å². The number of nitrogens with zero attached hydrogens (tertiary/aromatic N) is 1. The molecule has 0 bridgehead atoms. The second-order valence-corrected chi connectivity index (χ2v) is 9.99. The van der Waals surface area contributed by atoms with Gasteiger partial charge in [0.05, 0.1) is 17.3 Å². The zero-order chi connectivity index (χ0) is 22.3. The van der Waals surface area contributed by atoms with Gasteiger partial charge in [0.15, 0.2) is 9.84 Å². The van der Waals surface area contributed by atoms with Crippen molar-refractivity contribution in [2.45, 2.75) is 32.4 Å². The van der Waals surface area contributed by atoms with E-state index in [0.717, 1.165) is 5.41 Å². The van der Waals surface area contributed by atoms with Gasteiger partial charge in [-0.15, -0.1) is 0 Å². The third-order valence-corrected chi connectivity index (χ3v) is 5.77. The molecule has 3 rings (SSSR count). The SMILES string of the molecule is CN(C(=O)OC(C)(C)C)c1ccc2cc(C(=O)N[C@@H]3C=CS(=O)(=O)C3)c(=O)[nH]c2c1. The van der Waals surface area contributed by atoms with Crippen LogP contribution in [0.5, 0.6) is 0 Å². The number of ether oxygens (including phenoxy) is 1. The van der Waals surface area contributed by atoms with Gasteiger partial charge in [-0.1, -0.05) is 6.07 Å². The lowest BCUT2D eigenvalue weighted by molar-refractivity contribution is 0.0589. The molecule has 0 radical (unpaired) electrons. The van der Waals surface area contributed by atoms with Crippen LogP contribution in [0.4, 0.5) is 10.5 Å². The van der Waals surface area contributed by atoms with E-state index in [1.165, 1.54) is 17.0 Å². The summed E-state index contributed by atoms with van der Waals surface area (Å²) in [6.07, 6.45) is 0.834. The molecule has 2 N–H and O–H groups in total. The third-order valence-electron chi connectivity index (χ3n) is 4.38. The molecule has 0 spiro atoms. The van der Waals surface area contributed by atoms with E-state index in [1.807, 2.05) is 0 Å². The van der Waals surface area contributed by atoms with Crippen LogP contribution < -0.4 is 15.8 Å². The van der Waals surface area contributed by atoms with Gasteiger partial charge in [0.2, 0.25) is 0 Å². The largest absolute Gasteiger partial charge is 0.443 e. The van der Waals surface area contributed by atoms with Gasteiger partial charge in [0, 0.05) is 18.1 Å². The van der Waals surface area contributed by atoms with Gasteiger partial charge in [-0.05, 0) is 50.4 Å². The van der Waals surface area contributed by atoms with E-state index >= 15 is 0 Å². The Hall–Kier alpha value is -3.14. The Balaban J connectivity index is 1.84. The number of carbonyl (C=O) groups excluding carboxylic acids is 2. The maximum absolute atomic E-state index is 12.4. The second-order valence-electron chi connectivity index (χ2n) is 8.06. The van der Waals surface area contributed by atoms with Crippen LogP contribution in [-0.4, -0.2) is 49.8 Å². The lowest BCUT2D eigenvalue weighted by Crippen LogP contribution is -2.38. The predicted octanol–water partition coefficient (Wildman–Crippen LogP) is 1.94. The Morgan fingerprint density at radius 2 is 1.93 bits per heavy atom. The monoisotopic (exact) mass is 433 g/mol. The van der Waals surface area contributed by atoms with Crippen molar-refractivity contribution in [1.82, 2.24) is 10.3 Å². The predicted molar refractivity (Wildman–Crippen MR) is 113 cm³/mol. The number of pyridine rings is 1. The first-order valence-corrected chi connectivity index (χ1v) is 10.9. The quantitative estimate of drug-likeness (QED) is 0.762. The number of hydrogen-bond donors (Lipinski definition) is 2. The molecule has 2 amide bonds. The van der Waals surface area contributed by atoms with Crippen molar-refractivity contribution >= 4 is 38.4 Å². The zero-order valence-electron chi connectivity index (χ0n) is 17.1. The Kier molecular flexibility index (Phi) is 5.46. The summed E-state index contributed by atoms with van der Waals surface area (Å²) in [5, 5.41) is 4.15. The molecule has 0 fully saturated rings. The van der Waals surface area contributed by atoms with Gasteiger partial charge in [-0.2, -0.15) is 0 Å². The first-order valence-electron chi connectivity index (χ1n) is 9.20. The average Bonchev–Trinajstić information content (AvgIpc) is 2.96. The lowest BCUT2D eigenvalue weighted by Gasteiger charge is -2.24. The van der Waals surface area contributed by atoms with Crippen LogP contribution in [-0.2, 0) is 14.6 Å². The molecule has 160 valence electrons. The Bertz CT molecular complexity index is 1210. The highest BCUT2D eigenvalue weighted by Crippen LogP contribution is 2.22. The van der Waals surface area contributed by atoms with E-state index in [9.17, 15) is 22.8 Å². The Morgan fingerprint density at radius 1 is 1.23 bits per heavy atom. The summed E-state index contributed by atoms with van der Waals surface area (Å²) in [4.78, 5) is 41.1. The maximum atomic E-state index is 12.4. The van der Waals surface area contributed by atoms with Crippen molar-refractivity contribution < 1.29 is 22.7 Å². The van der Waals surface area contributed by atoms with Gasteiger partial charge < -0.3 is 15.0 Å². The number of aromatic nitrogens is 1. The molecule has 1 aliphatic rings. The minimum Gasteiger partial charge on any atom is -0.443 e. The van der Waals surface area contributed by atoms with Crippen molar-refractivity contribution in [3.63, 3.8) is 0 Å². The number of H-pyrrole nitrogens is 1.